The predicted molar refractivity (Wildman–Crippen MR) is 59.0 cm³/mol. The lowest BCUT2D eigenvalue weighted by Crippen LogP contribution is -2.43. The van der Waals surface area contributed by atoms with Crippen molar-refractivity contribution in [2.45, 2.75) is 45.5 Å². The first kappa shape index (κ1) is 12.0. The van der Waals surface area contributed by atoms with Crippen LogP contribution in [0, 0.1) is 5.92 Å². The van der Waals surface area contributed by atoms with Gasteiger partial charge in [0.25, 0.3) is 0 Å². The lowest BCUT2D eigenvalue weighted by atomic mass is 9.79. The van der Waals surface area contributed by atoms with Crippen molar-refractivity contribution >= 4 is 7.05 Å². The average Bonchev–Trinajstić information content (AvgIpc) is 2.02. The molecule has 0 bridgehead atoms. The fourth-order valence-corrected chi connectivity index (χ4v) is 2.24. The van der Waals surface area contributed by atoms with Crippen LogP contribution in [0.2, 0.25) is 6.82 Å². The second-order valence-electron chi connectivity index (χ2n) is 5.13. The van der Waals surface area contributed by atoms with E-state index in [9.17, 15) is 10.1 Å². The van der Waals surface area contributed by atoms with Gasteiger partial charge in [0.2, 0.25) is 0 Å². The van der Waals surface area contributed by atoms with Gasteiger partial charge in [0.15, 0.2) is 0 Å². The van der Waals surface area contributed by atoms with E-state index >= 15 is 0 Å². The van der Waals surface area contributed by atoms with Crippen molar-refractivity contribution in [3.8, 4) is 0 Å². The number of hydrogen-bond donors (Lipinski definition) is 2. The minimum Gasteiger partial charge on any atom is -0.437 e. The van der Waals surface area contributed by atoms with E-state index in [1.165, 1.54) is 0 Å². The van der Waals surface area contributed by atoms with Gasteiger partial charge in [-0.3, -0.25) is 0 Å². The fraction of sp³-hybridized carbons (Fsp3) is 1.00. The lowest BCUT2D eigenvalue weighted by molar-refractivity contribution is 0.0424. The molecule has 82 valence electrons. The smallest absolute Gasteiger partial charge is 0.376 e. The van der Waals surface area contributed by atoms with Crippen LogP contribution >= 0.6 is 0 Å². The zero-order valence-electron chi connectivity index (χ0n) is 9.53. The molecule has 1 rings (SSSR count). The first-order chi connectivity index (χ1) is 6.38. The monoisotopic (exact) mass is 199 g/mol. The van der Waals surface area contributed by atoms with Gasteiger partial charge in [-0.25, -0.2) is 0 Å². The molecule has 1 fully saturated rings. The molecule has 1 aliphatic rings. The second kappa shape index (κ2) is 4.64. The van der Waals surface area contributed by atoms with E-state index in [1.807, 2.05) is 20.7 Å². The number of hydrogen-bond acceptors (Lipinski definition) is 3. The van der Waals surface area contributed by atoms with Gasteiger partial charge in [0.1, 0.15) is 0 Å². The molecule has 14 heavy (non-hydrogen) atoms. The molecule has 1 aliphatic heterocycles. The Kier molecular flexibility index (Phi) is 3.99. The van der Waals surface area contributed by atoms with Gasteiger partial charge in [-0.2, -0.15) is 0 Å². The third-order valence-electron chi connectivity index (χ3n) is 2.97. The molecule has 0 saturated carbocycles. The number of nitrogens with zero attached hydrogens (tertiary/aromatic N) is 1. The first-order valence-electron chi connectivity index (χ1n) is 5.53. The van der Waals surface area contributed by atoms with Crippen molar-refractivity contribution in [1.29, 1.82) is 0 Å². The van der Waals surface area contributed by atoms with Crippen molar-refractivity contribution in [1.82, 2.24) is 4.81 Å². The van der Waals surface area contributed by atoms with E-state index in [0.29, 0.717) is 5.92 Å². The van der Waals surface area contributed by atoms with E-state index < -0.39 is 5.60 Å². The van der Waals surface area contributed by atoms with Gasteiger partial charge >= 0.3 is 7.05 Å². The summed E-state index contributed by atoms with van der Waals surface area (Å²) in [6, 6.07) is 0. The second-order valence-corrected chi connectivity index (χ2v) is 5.13. The lowest BCUT2D eigenvalue weighted by Gasteiger charge is -2.34. The van der Waals surface area contributed by atoms with Gasteiger partial charge < -0.3 is 14.9 Å². The summed E-state index contributed by atoms with van der Waals surface area (Å²) >= 11 is 0. The summed E-state index contributed by atoms with van der Waals surface area (Å²) in [5, 5.41) is 19.1. The SMILES string of the molecule is CB(O)N1CCC(CC(C)(C)O)CC1. The van der Waals surface area contributed by atoms with E-state index in [1.54, 1.807) is 0 Å². The Bertz CT molecular complexity index is 171. The molecular formula is C10H22BNO2. The molecule has 0 aromatic carbocycles. The summed E-state index contributed by atoms with van der Waals surface area (Å²) in [7, 11) is -0.321. The molecule has 0 aliphatic carbocycles. The van der Waals surface area contributed by atoms with E-state index in [0.717, 1.165) is 32.4 Å². The molecule has 0 aromatic heterocycles. The molecular weight excluding hydrogens is 177 g/mol. The van der Waals surface area contributed by atoms with Gasteiger partial charge in [0, 0.05) is 0 Å². The molecule has 4 heteroatoms. The van der Waals surface area contributed by atoms with Gasteiger partial charge in [-0.15, -0.1) is 0 Å². The van der Waals surface area contributed by atoms with Gasteiger partial charge in [-0.05, 0) is 58.9 Å². The van der Waals surface area contributed by atoms with Crippen LogP contribution in [0.4, 0.5) is 0 Å². The maximum absolute atomic E-state index is 9.68. The minimum atomic E-state index is -0.544. The summed E-state index contributed by atoms with van der Waals surface area (Å²) in [5.41, 5.74) is -0.544. The van der Waals surface area contributed by atoms with Crippen molar-refractivity contribution < 1.29 is 10.1 Å². The molecule has 1 saturated heterocycles. The molecule has 0 aromatic rings. The predicted octanol–water partition coefficient (Wildman–Crippen LogP) is 0.970. The molecule has 3 nitrogen and oxygen atoms in total. The molecule has 0 radical (unpaired) electrons. The van der Waals surface area contributed by atoms with Crippen LogP contribution in [-0.2, 0) is 0 Å². The highest BCUT2D eigenvalue weighted by Gasteiger charge is 2.27. The summed E-state index contributed by atoms with van der Waals surface area (Å²) in [4.78, 5) is 2.08. The van der Waals surface area contributed by atoms with Crippen LogP contribution in [0.5, 0.6) is 0 Å². The Balaban J connectivity index is 2.29. The highest BCUT2D eigenvalue weighted by Crippen LogP contribution is 2.26. The van der Waals surface area contributed by atoms with E-state index in [4.69, 9.17) is 0 Å². The molecule has 0 unspecified atom stereocenters. The van der Waals surface area contributed by atoms with Crippen molar-refractivity contribution in [3.05, 3.63) is 0 Å². The van der Waals surface area contributed by atoms with Crippen LogP contribution in [0.25, 0.3) is 0 Å². The van der Waals surface area contributed by atoms with E-state index in [2.05, 4.69) is 4.81 Å². The Morgan fingerprint density at radius 2 is 1.86 bits per heavy atom. The fourth-order valence-electron chi connectivity index (χ4n) is 2.24. The summed E-state index contributed by atoms with van der Waals surface area (Å²) in [6.45, 7) is 7.47. The van der Waals surface area contributed by atoms with Crippen molar-refractivity contribution in [2.75, 3.05) is 13.1 Å². The average molecular weight is 199 g/mol. The normalized spacial score (nSPS) is 21.2. The van der Waals surface area contributed by atoms with Gasteiger partial charge in [0.05, 0.1) is 5.60 Å². The van der Waals surface area contributed by atoms with Crippen molar-refractivity contribution in [3.63, 3.8) is 0 Å². The molecule has 0 amide bonds. The molecule has 0 atom stereocenters. The van der Waals surface area contributed by atoms with Crippen LogP contribution in [-0.4, -0.2) is 40.7 Å². The Morgan fingerprint density at radius 1 is 1.36 bits per heavy atom. The van der Waals surface area contributed by atoms with Crippen LogP contribution in [0.1, 0.15) is 33.1 Å². The quantitative estimate of drug-likeness (QED) is 0.665. The topological polar surface area (TPSA) is 43.7 Å². The Labute approximate surface area is 87.2 Å². The number of aliphatic hydroxyl groups is 1. The largest absolute Gasteiger partial charge is 0.437 e. The molecule has 1 heterocycles. The van der Waals surface area contributed by atoms with Gasteiger partial charge in [-0.1, -0.05) is 0 Å². The third-order valence-corrected chi connectivity index (χ3v) is 2.97. The van der Waals surface area contributed by atoms with Crippen LogP contribution < -0.4 is 0 Å². The summed E-state index contributed by atoms with van der Waals surface area (Å²) < 4.78 is 0. The number of piperidine rings is 1. The zero-order valence-corrected chi connectivity index (χ0v) is 9.53. The minimum absolute atomic E-state index is 0.321. The Hall–Kier alpha value is -0.0551. The third kappa shape index (κ3) is 3.99. The highest BCUT2D eigenvalue weighted by molar-refractivity contribution is 6.45. The highest BCUT2D eigenvalue weighted by atomic mass is 16.3. The summed E-state index contributed by atoms with van der Waals surface area (Å²) in [6.07, 6.45) is 3.06. The first-order valence-corrected chi connectivity index (χ1v) is 5.53. The van der Waals surface area contributed by atoms with Crippen LogP contribution in [0.3, 0.4) is 0 Å². The van der Waals surface area contributed by atoms with Crippen LogP contribution in [0.15, 0.2) is 0 Å². The standard InChI is InChI=1S/C10H22BNO2/c1-10(2,13)8-9-4-6-12(7-5-9)11(3)14/h9,13-14H,4-8H2,1-3H3. The maximum atomic E-state index is 9.68. The van der Waals surface area contributed by atoms with E-state index in [-0.39, 0.29) is 7.05 Å². The number of rotatable bonds is 3. The molecule has 0 spiro atoms. The Morgan fingerprint density at radius 3 is 2.21 bits per heavy atom. The van der Waals surface area contributed by atoms with Crippen molar-refractivity contribution in [2.24, 2.45) is 5.92 Å². The zero-order chi connectivity index (χ0) is 10.8. The maximum Gasteiger partial charge on any atom is 0.376 e. The summed E-state index contributed by atoms with van der Waals surface area (Å²) in [5.74, 6) is 0.616. The molecule has 2 N–H and O–H groups in total.